The zero-order valence-corrected chi connectivity index (χ0v) is 30.3. The number of halogens is 2. The summed E-state index contributed by atoms with van der Waals surface area (Å²) in [7, 11) is 11.3. The van der Waals surface area contributed by atoms with E-state index in [4.69, 9.17) is 19.4 Å². The van der Waals surface area contributed by atoms with Crippen LogP contribution in [0.4, 0.5) is 11.4 Å². The monoisotopic (exact) mass is 728 g/mol. The maximum absolute atomic E-state index is 5.67. The molecule has 0 amide bonds. The van der Waals surface area contributed by atoms with E-state index in [-0.39, 0.29) is 0 Å². The molecule has 2 aromatic heterocycles. The van der Waals surface area contributed by atoms with Crippen LogP contribution in [-0.4, -0.2) is 34.3 Å². The SMILES string of the molecule is Cc1cc(C)c(N2CCN(c3c(C)cc(C)cc3C)C2)c(C)c1.[Cl][Ru]([Cl])=[CH]c1ccccc1.c1ccncc1.c1ccncc1. The van der Waals surface area contributed by atoms with E-state index in [0.29, 0.717) is 0 Å². The molecule has 0 saturated carbocycles. The molecule has 0 radical (unpaired) electrons. The summed E-state index contributed by atoms with van der Waals surface area (Å²) in [5.41, 5.74) is 12.2. The van der Waals surface area contributed by atoms with E-state index < -0.39 is 13.5 Å². The Balaban J connectivity index is 0.000000203. The van der Waals surface area contributed by atoms with E-state index in [0.717, 1.165) is 25.3 Å². The number of aromatic nitrogens is 2. The van der Waals surface area contributed by atoms with Crippen LogP contribution in [0.3, 0.4) is 0 Å². The first-order valence-electron chi connectivity index (χ1n) is 14.9. The summed E-state index contributed by atoms with van der Waals surface area (Å²) in [6.45, 7) is 16.5. The van der Waals surface area contributed by atoms with Crippen LogP contribution in [0.15, 0.2) is 116 Å². The van der Waals surface area contributed by atoms with Crippen molar-refractivity contribution < 1.29 is 13.5 Å². The van der Waals surface area contributed by atoms with Gasteiger partial charge in [-0.1, -0.05) is 47.5 Å². The Morgan fingerprint density at radius 1 is 0.556 bits per heavy atom. The van der Waals surface area contributed by atoms with E-state index in [1.165, 1.54) is 44.8 Å². The molecule has 0 N–H and O–H groups in total. The molecule has 45 heavy (non-hydrogen) atoms. The molecule has 0 unspecified atom stereocenters. The number of rotatable bonds is 3. The van der Waals surface area contributed by atoms with E-state index in [2.05, 4.69) is 85.6 Å². The Kier molecular flexibility index (Phi) is 15.4. The second-order valence-corrected chi connectivity index (χ2v) is 16.7. The number of hydrogen-bond donors (Lipinski definition) is 0. The molecule has 0 aliphatic carbocycles. The van der Waals surface area contributed by atoms with Crippen LogP contribution < -0.4 is 9.80 Å². The van der Waals surface area contributed by atoms with E-state index in [9.17, 15) is 0 Å². The van der Waals surface area contributed by atoms with Crippen LogP contribution in [0.1, 0.15) is 38.9 Å². The van der Waals surface area contributed by atoms with Gasteiger partial charge in [0, 0.05) is 49.3 Å². The summed E-state index contributed by atoms with van der Waals surface area (Å²) < 4.78 is 1.92. The maximum atomic E-state index is 5.67. The molecular formula is C38H44Cl2N4Ru. The van der Waals surface area contributed by atoms with Gasteiger partial charge < -0.3 is 9.80 Å². The van der Waals surface area contributed by atoms with Gasteiger partial charge in [-0.25, -0.2) is 0 Å². The van der Waals surface area contributed by atoms with Crippen LogP contribution in [0.25, 0.3) is 0 Å². The third-order valence-electron chi connectivity index (χ3n) is 7.01. The van der Waals surface area contributed by atoms with Crippen molar-refractivity contribution in [3.8, 4) is 0 Å². The predicted octanol–water partition coefficient (Wildman–Crippen LogP) is 9.75. The van der Waals surface area contributed by atoms with Crippen molar-refractivity contribution in [3.05, 3.63) is 155 Å². The van der Waals surface area contributed by atoms with Crippen molar-refractivity contribution >= 4 is 35.4 Å². The Bertz CT molecular complexity index is 1420. The van der Waals surface area contributed by atoms with Gasteiger partial charge in [-0.05, 0) is 88.1 Å². The third-order valence-corrected chi connectivity index (χ3v) is 8.88. The van der Waals surface area contributed by atoms with Gasteiger partial charge in [-0.15, -0.1) is 0 Å². The van der Waals surface area contributed by atoms with Gasteiger partial charge in [0.2, 0.25) is 0 Å². The first-order valence-corrected chi connectivity index (χ1v) is 20.4. The van der Waals surface area contributed by atoms with Gasteiger partial charge in [-0.2, -0.15) is 0 Å². The molecule has 3 heterocycles. The fraction of sp³-hybridized carbons (Fsp3) is 0.237. The standard InChI is InChI=1S/C21H28N2.C7H6.2C5H5N.2ClH.Ru/c1-14-9-16(3)20(17(4)10-14)22-7-8-23(13-22)21-18(5)11-15(2)12-19(21)6;1-7-5-3-2-4-6-7;2*1-2-4-6-5-3-1;;;/h9-12H,7-8,13H2,1-6H3;1-6H;2*1-5H;2*1H;/q;;;;;;+2/p-2. The third kappa shape index (κ3) is 12.5. The van der Waals surface area contributed by atoms with Gasteiger partial charge in [0.05, 0.1) is 6.67 Å². The number of aryl methyl sites for hydroxylation is 6. The van der Waals surface area contributed by atoms with Gasteiger partial charge in [0.1, 0.15) is 0 Å². The number of anilines is 2. The molecule has 1 saturated heterocycles. The molecule has 238 valence electrons. The van der Waals surface area contributed by atoms with Crippen molar-refractivity contribution in [2.24, 2.45) is 0 Å². The van der Waals surface area contributed by atoms with Crippen molar-refractivity contribution in [2.75, 3.05) is 29.6 Å². The number of benzene rings is 3. The predicted molar refractivity (Wildman–Crippen MR) is 193 cm³/mol. The fourth-order valence-corrected chi connectivity index (χ4v) is 7.36. The van der Waals surface area contributed by atoms with E-state index in [1.807, 2.05) is 71.3 Å². The second-order valence-electron chi connectivity index (χ2n) is 10.9. The summed E-state index contributed by atoms with van der Waals surface area (Å²) in [4.78, 5) is 12.6. The Morgan fingerprint density at radius 3 is 1.20 bits per heavy atom. The second kappa shape index (κ2) is 19.2. The molecule has 1 fully saturated rings. The molecule has 7 heteroatoms. The van der Waals surface area contributed by atoms with Crippen LogP contribution >= 0.6 is 19.4 Å². The zero-order chi connectivity index (χ0) is 32.6. The van der Waals surface area contributed by atoms with Gasteiger partial charge in [0.25, 0.3) is 0 Å². The average molecular weight is 729 g/mol. The Morgan fingerprint density at radius 2 is 0.911 bits per heavy atom. The molecular weight excluding hydrogens is 684 g/mol. The van der Waals surface area contributed by atoms with Crippen molar-refractivity contribution in [1.29, 1.82) is 0 Å². The Hall–Kier alpha value is -3.37. The van der Waals surface area contributed by atoms with Gasteiger partial charge in [-0.3, -0.25) is 9.97 Å². The Labute approximate surface area is 283 Å². The molecule has 0 spiro atoms. The van der Waals surface area contributed by atoms with Crippen molar-refractivity contribution in [1.82, 2.24) is 9.97 Å². The fourth-order valence-electron chi connectivity index (χ4n) is 5.53. The van der Waals surface area contributed by atoms with Gasteiger partial charge in [0.15, 0.2) is 0 Å². The molecule has 0 atom stereocenters. The summed E-state index contributed by atoms with van der Waals surface area (Å²) >= 11 is -1.61. The maximum Gasteiger partial charge on any atom is 0.0267 e. The summed E-state index contributed by atoms with van der Waals surface area (Å²) in [5.74, 6) is 0. The summed E-state index contributed by atoms with van der Waals surface area (Å²) in [5, 5.41) is 0. The topological polar surface area (TPSA) is 32.3 Å². The minimum absolute atomic E-state index is 0.982. The molecule has 6 rings (SSSR count). The van der Waals surface area contributed by atoms with E-state index in [1.54, 1.807) is 24.8 Å². The number of hydrogen-bond acceptors (Lipinski definition) is 4. The summed E-state index contributed by atoms with van der Waals surface area (Å²) in [6, 6.07) is 30.5. The van der Waals surface area contributed by atoms with Crippen LogP contribution in [0.5, 0.6) is 0 Å². The minimum atomic E-state index is -1.61. The minimum Gasteiger partial charge on any atom is -0.265 e. The number of nitrogens with zero attached hydrogens (tertiary/aromatic N) is 4. The molecule has 5 aromatic rings. The number of pyridine rings is 2. The zero-order valence-electron chi connectivity index (χ0n) is 27.1. The molecule has 1 aliphatic heterocycles. The summed E-state index contributed by atoms with van der Waals surface area (Å²) in [6.07, 6.45) is 7.00. The molecule has 4 nitrogen and oxygen atoms in total. The van der Waals surface area contributed by atoms with Crippen LogP contribution in [-0.2, 0) is 13.5 Å². The normalized spacial score (nSPS) is 12.0. The first kappa shape index (κ1) is 36.1. The molecule has 3 aromatic carbocycles. The van der Waals surface area contributed by atoms with Crippen molar-refractivity contribution in [2.45, 2.75) is 41.5 Å². The molecule has 1 aliphatic rings. The quantitative estimate of drug-likeness (QED) is 0.173. The average Bonchev–Trinajstić information content (AvgIpc) is 3.48. The smallest absolute Gasteiger partial charge is 0.0267 e. The largest absolute Gasteiger partial charge is 0.265 e. The van der Waals surface area contributed by atoms with Crippen LogP contribution in [0.2, 0.25) is 0 Å². The van der Waals surface area contributed by atoms with E-state index >= 15 is 0 Å². The van der Waals surface area contributed by atoms with Crippen molar-refractivity contribution in [3.63, 3.8) is 0 Å². The van der Waals surface area contributed by atoms with Gasteiger partial charge >= 0.3 is 73.4 Å². The molecule has 0 bridgehead atoms. The van der Waals surface area contributed by atoms with Crippen LogP contribution in [0, 0.1) is 41.5 Å². The first-order chi connectivity index (χ1) is 21.7.